The summed E-state index contributed by atoms with van der Waals surface area (Å²) in [5, 5.41) is 35.1. The molecule has 0 aliphatic carbocycles. The number of nitrogen functional groups attached to an aromatic ring is 1. The third-order valence-corrected chi connectivity index (χ3v) is 5.13. The van der Waals surface area contributed by atoms with Crippen LogP contribution in [0.2, 0.25) is 5.02 Å². The number of benzene rings is 1. The summed E-state index contributed by atoms with van der Waals surface area (Å²) in [4.78, 5) is 11.2. The van der Waals surface area contributed by atoms with E-state index in [1.807, 2.05) is 0 Å². The number of carboxylic acids is 1. The molecule has 3 aromatic rings. The zero-order valence-electron chi connectivity index (χ0n) is 16.1. The summed E-state index contributed by atoms with van der Waals surface area (Å²) in [6.45, 7) is 0. The summed E-state index contributed by atoms with van der Waals surface area (Å²) in [5.74, 6) is -4.59. The van der Waals surface area contributed by atoms with Crippen molar-refractivity contribution < 1.29 is 45.7 Å². The summed E-state index contributed by atoms with van der Waals surface area (Å²) in [7, 11) is -4.02. The standard InChI is InChI=1S/C12H10ClFN8O4S.C2HF3O2/c13-6-3-5(1-2-7(6)14)16-10(20-23)9-8(21-26-22-9)4-27(24,25)12-17-11(15)18-19-12;3-2(4,5)1(6)7/h1-3,23H,4H2,(H,16,20)(H3,15,17,18,19);(H,6,7). The largest absolute Gasteiger partial charge is 0.490 e. The first-order valence-corrected chi connectivity index (χ1v) is 10.2. The number of H-pyrrole nitrogens is 1. The second kappa shape index (κ2) is 10.3. The SMILES string of the molecule is Nc1nnc(S(=O)(=O)Cc2nonc2/C(=N\O)Nc2ccc(F)c(Cl)c2)[nH]1.O=C(O)C(F)(F)F. The van der Waals surface area contributed by atoms with Crippen molar-refractivity contribution in [3.05, 3.63) is 40.4 Å². The van der Waals surface area contributed by atoms with Gasteiger partial charge in [0, 0.05) is 5.69 Å². The molecule has 20 heteroatoms. The number of carbonyl (C=O) groups is 1. The Hall–Kier alpha value is -4.00. The Bertz CT molecular complexity index is 1310. The summed E-state index contributed by atoms with van der Waals surface area (Å²) in [5.41, 5.74) is 5.18. The van der Waals surface area contributed by atoms with E-state index in [0.29, 0.717) is 0 Å². The molecule has 34 heavy (non-hydrogen) atoms. The van der Waals surface area contributed by atoms with Crippen LogP contribution < -0.4 is 11.1 Å². The number of amidine groups is 1. The summed E-state index contributed by atoms with van der Waals surface area (Å²) < 4.78 is 74.2. The van der Waals surface area contributed by atoms with Gasteiger partial charge in [0.2, 0.25) is 26.8 Å². The number of carboxylic acid groups (broad SMARTS) is 1. The van der Waals surface area contributed by atoms with Gasteiger partial charge in [-0.05, 0) is 23.4 Å². The summed E-state index contributed by atoms with van der Waals surface area (Å²) >= 11 is 5.68. The van der Waals surface area contributed by atoms with E-state index in [1.54, 1.807) is 0 Å². The number of nitrogens with one attached hydrogen (secondary N) is 2. The Labute approximate surface area is 190 Å². The molecule has 0 saturated heterocycles. The number of aromatic nitrogens is 5. The monoisotopic (exact) mass is 530 g/mol. The van der Waals surface area contributed by atoms with Crippen LogP contribution in [0.3, 0.4) is 0 Å². The highest BCUT2D eigenvalue weighted by Gasteiger charge is 2.38. The first kappa shape index (κ1) is 26.3. The molecule has 184 valence electrons. The third-order valence-electron chi connectivity index (χ3n) is 3.41. The number of oxime groups is 1. The number of aliphatic carboxylic acids is 1. The van der Waals surface area contributed by atoms with Gasteiger partial charge in [-0.2, -0.15) is 13.2 Å². The van der Waals surface area contributed by atoms with E-state index in [4.69, 9.17) is 27.2 Å². The average molecular weight is 531 g/mol. The molecule has 0 aliphatic rings. The molecule has 3 rings (SSSR count). The lowest BCUT2D eigenvalue weighted by atomic mass is 10.2. The number of halogens is 5. The van der Waals surface area contributed by atoms with Crippen molar-refractivity contribution in [2.24, 2.45) is 5.16 Å². The van der Waals surface area contributed by atoms with Gasteiger partial charge in [-0.1, -0.05) is 21.9 Å². The van der Waals surface area contributed by atoms with Crippen molar-refractivity contribution >= 4 is 44.9 Å². The number of hydrogen-bond donors (Lipinski definition) is 5. The quantitative estimate of drug-likeness (QED) is 0.104. The normalized spacial score (nSPS) is 12.1. The predicted octanol–water partition coefficient (Wildman–Crippen LogP) is 1.42. The van der Waals surface area contributed by atoms with E-state index < -0.39 is 38.7 Å². The maximum atomic E-state index is 13.2. The number of hydrogen-bond acceptors (Lipinski definition) is 11. The van der Waals surface area contributed by atoms with Crippen LogP contribution in [0.4, 0.5) is 29.2 Å². The van der Waals surface area contributed by atoms with Crippen molar-refractivity contribution in [1.82, 2.24) is 25.5 Å². The van der Waals surface area contributed by atoms with E-state index in [-0.39, 0.29) is 33.9 Å². The molecule has 0 spiro atoms. The van der Waals surface area contributed by atoms with Crippen LogP contribution in [0, 0.1) is 5.82 Å². The van der Waals surface area contributed by atoms with Gasteiger partial charge in [-0.25, -0.2) is 22.2 Å². The van der Waals surface area contributed by atoms with Crippen LogP contribution in [0.25, 0.3) is 0 Å². The average Bonchev–Trinajstić information content (AvgIpc) is 3.37. The van der Waals surface area contributed by atoms with Crippen molar-refractivity contribution in [3.8, 4) is 0 Å². The van der Waals surface area contributed by atoms with Crippen LogP contribution >= 0.6 is 11.6 Å². The first-order chi connectivity index (χ1) is 15.7. The van der Waals surface area contributed by atoms with Gasteiger partial charge in [0.1, 0.15) is 17.3 Å². The van der Waals surface area contributed by atoms with Gasteiger partial charge in [-0.15, -0.1) is 10.2 Å². The Kier molecular flexibility index (Phi) is 7.95. The Balaban J connectivity index is 0.000000509. The highest BCUT2D eigenvalue weighted by atomic mass is 35.5. The fraction of sp³-hybridized carbons (Fsp3) is 0.143. The minimum atomic E-state index is -5.08. The lowest BCUT2D eigenvalue weighted by molar-refractivity contribution is -0.192. The molecular weight excluding hydrogens is 520 g/mol. The Morgan fingerprint density at radius 3 is 2.44 bits per heavy atom. The second-order valence-electron chi connectivity index (χ2n) is 5.84. The van der Waals surface area contributed by atoms with Gasteiger partial charge in [0.25, 0.3) is 0 Å². The van der Waals surface area contributed by atoms with E-state index in [1.165, 1.54) is 12.1 Å². The Morgan fingerprint density at radius 2 is 1.94 bits per heavy atom. The molecule has 0 radical (unpaired) electrons. The summed E-state index contributed by atoms with van der Waals surface area (Å²) in [6.07, 6.45) is -5.08. The van der Waals surface area contributed by atoms with E-state index >= 15 is 0 Å². The maximum Gasteiger partial charge on any atom is 0.490 e. The van der Waals surface area contributed by atoms with Gasteiger partial charge in [-0.3, -0.25) is 4.98 Å². The van der Waals surface area contributed by atoms with Crippen molar-refractivity contribution in [2.75, 3.05) is 11.1 Å². The molecule has 0 bridgehead atoms. The van der Waals surface area contributed by atoms with Gasteiger partial charge < -0.3 is 21.4 Å². The van der Waals surface area contributed by atoms with Crippen molar-refractivity contribution in [2.45, 2.75) is 17.1 Å². The van der Waals surface area contributed by atoms with E-state index in [2.05, 4.69) is 40.6 Å². The maximum absolute atomic E-state index is 13.2. The third kappa shape index (κ3) is 6.75. The van der Waals surface area contributed by atoms with Crippen LogP contribution in [0.1, 0.15) is 11.4 Å². The van der Waals surface area contributed by atoms with Crippen LogP contribution in [-0.4, -0.2) is 62.2 Å². The summed E-state index contributed by atoms with van der Waals surface area (Å²) in [6, 6.07) is 3.62. The highest BCUT2D eigenvalue weighted by molar-refractivity contribution is 7.90. The van der Waals surface area contributed by atoms with Crippen LogP contribution in [0.5, 0.6) is 0 Å². The molecule has 0 atom stereocenters. The van der Waals surface area contributed by atoms with Gasteiger partial charge >= 0.3 is 12.1 Å². The van der Waals surface area contributed by atoms with Gasteiger partial charge in [0.05, 0.1) is 5.02 Å². The number of nitrogens with two attached hydrogens (primary N) is 1. The van der Waals surface area contributed by atoms with Gasteiger partial charge in [0.15, 0.2) is 5.69 Å². The molecule has 0 amide bonds. The zero-order valence-corrected chi connectivity index (χ0v) is 17.7. The highest BCUT2D eigenvalue weighted by Crippen LogP contribution is 2.21. The molecule has 0 saturated carbocycles. The fourth-order valence-electron chi connectivity index (χ4n) is 1.97. The number of aromatic amines is 1. The molecular formula is C14H11ClF4N8O6S. The van der Waals surface area contributed by atoms with E-state index in [0.717, 1.165) is 6.07 Å². The van der Waals surface area contributed by atoms with Crippen LogP contribution in [0.15, 0.2) is 33.1 Å². The lowest BCUT2D eigenvalue weighted by Crippen LogP contribution is -2.21. The van der Waals surface area contributed by atoms with Crippen molar-refractivity contribution in [3.63, 3.8) is 0 Å². The molecule has 0 unspecified atom stereocenters. The van der Waals surface area contributed by atoms with Crippen LogP contribution in [-0.2, 0) is 20.4 Å². The smallest absolute Gasteiger partial charge is 0.475 e. The number of anilines is 2. The molecule has 0 aliphatic heterocycles. The lowest BCUT2D eigenvalue weighted by Gasteiger charge is -2.07. The minimum absolute atomic E-state index is 0.179. The molecule has 1 aromatic carbocycles. The number of alkyl halides is 3. The van der Waals surface area contributed by atoms with E-state index in [9.17, 15) is 31.2 Å². The fourth-order valence-corrected chi connectivity index (χ4v) is 3.26. The number of sulfone groups is 1. The second-order valence-corrected chi connectivity index (χ2v) is 8.15. The number of rotatable bonds is 5. The first-order valence-electron chi connectivity index (χ1n) is 8.21. The zero-order chi connectivity index (χ0) is 25.7. The minimum Gasteiger partial charge on any atom is -0.475 e. The molecule has 0 fully saturated rings. The molecule has 14 nitrogen and oxygen atoms in total. The Morgan fingerprint density at radius 1 is 1.29 bits per heavy atom. The predicted molar refractivity (Wildman–Crippen MR) is 103 cm³/mol. The topological polar surface area (TPSA) is 223 Å². The molecule has 2 heterocycles. The molecule has 2 aromatic heterocycles. The van der Waals surface area contributed by atoms with Crippen molar-refractivity contribution in [1.29, 1.82) is 0 Å². The number of nitrogens with zero attached hydrogens (tertiary/aromatic N) is 5. The molecule has 6 N–H and O–H groups in total.